The van der Waals surface area contributed by atoms with E-state index in [9.17, 15) is 19.8 Å². The summed E-state index contributed by atoms with van der Waals surface area (Å²) in [5, 5.41) is 47.1. The van der Waals surface area contributed by atoms with Crippen LogP contribution in [0.3, 0.4) is 0 Å². The van der Waals surface area contributed by atoms with Crippen molar-refractivity contribution in [3.63, 3.8) is 0 Å². The highest BCUT2D eigenvalue weighted by Gasteiger charge is 2.36. The van der Waals surface area contributed by atoms with Gasteiger partial charge in [-0.25, -0.2) is 4.79 Å². The molecule has 0 fully saturated rings. The summed E-state index contributed by atoms with van der Waals surface area (Å²) in [7, 11) is 0. The zero-order valence-corrected chi connectivity index (χ0v) is 9.28. The third kappa shape index (κ3) is 4.65. The molecule has 0 aliphatic rings. The van der Waals surface area contributed by atoms with Crippen LogP contribution in [0.15, 0.2) is 0 Å². The predicted octanol–water partition coefficient (Wildman–Crippen LogP) is -2.96. The molecular weight excluding hydrogens is 234 g/mol. The largest absolute Gasteiger partial charge is 0.480 e. The van der Waals surface area contributed by atoms with Crippen molar-refractivity contribution in [1.82, 2.24) is 5.32 Å². The number of hydrogen-bond donors (Lipinski definition) is 6. The van der Waals surface area contributed by atoms with Crippen molar-refractivity contribution in [3.05, 3.63) is 0 Å². The van der Waals surface area contributed by atoms with E-state index in [0.717, 1.165) is 0 Å². The number of rotatable bonds is 7. The molecule has 8 heteroatoms. The maximum Gasteiger partial charge on any atom is 0.329 e. The molecule has 0 aromatic carbocycles. The molecule has 0 saturated heterocycles. The second-order valence-corrected chi connectivity index (χ2v) is 3.47. The molecule has 0 rings (SSSR count). The summed E-state index contributed by atoms with van der Waals surface area (Å²) < 4.78 is 0. The molecule has 8 nitrogen and oxygen atoms in total. The van der Waals surface area contributed by atoms with Gasteiger partial charge in [-0.2, -0.15) is 0 Å². The van der Waals surface area contributed by atoms with Gasteiger partial charge in [0.05, 0.1) is 6.61 Å². The van der Waals surface area contributed by atoms with Crippen LogP contribution in [0.25, 0.3) is 0 Å². The molecule has 0 spiro atoms. The number of hydrogen-bond acceptors (Lipinski definition) is 6. The lowest BCUT2D eigenvalue weighted by Gasteiger charge is -2.26. The van der Waals surface area contributed by atoms with Crippen molar-refractivity contribution < 1.29 is 35.1 Å². The minimum absolute atomic E-state index is 0.00908. The number of carbonyl (C=O) groups is 2. The molecular formula is C9H17NO7. The summed E-state index contributed by atoms with van der Waals surface area (Å²) in [6.07, 6.45) is -5.48. The molecule has 0 radical (unpaired) electrons. The first-order chi connectivity index (χ1) is 7.84. The Bertz CT molecular complexity index is 270. The Morgan fingerprint density at radius 1 is 1.18 bits per heavy atom. The molecule has 0 unspecified atom stereocenters. The standard InChI is InChI=1S/C9H17NO7/c1-2-5(13)10-6(9(16)17)8(15)7(14)4(12)3-11/h4,6-8,11-12,14-15H,2-3H2,1H3,(H,10,13)(H,16,17)/t4-,6-,7-,8-/m1/s1. The van der Waals surface area contributed by atoms with Gasteiger partial charge < -0.3 is 30.8 Å². The van der Waals surface area contributed by atoms with Crippen LogP contribution in [-0.2, 0) is 9.59 Å². The third-order valence-electron chi connectivity index (χ3n) is 2.18. The van der Waals surface area contributed by atoms with E-state index in [1.165, 1.54) is 6.92 Å². The average molecular weight is 251 g/mol. The number of aliphatic carboxylic acids is 1. The summed E-state index contributed by atoms with van der Waals surface area (Å²) in [5.74, 6) is -2.18. The van der Waals surface area contributed by atoms with Gasteiger partial charge in [0.15, 0.2) is 6.04 Å². The van der Waals surface area contributed by atoms with E-state index in [-0.39, 0.29) is 6.42 Å². The van der Waals surface area contributed by atoms with Gasteiger partial charge in [-0.05, 0) is 0 Å². The number of amides is 1. The van der Waals surface area contributed by atoms with Gasteiger partial charge >= 0.3 is 5.97 Å². The summed E-state index contributed by atoms with van der Waals surface area (Å²) in [4.78, 5) is 21.8. The fourth-order valence-electron chi connectivity index (χ4n) is 1.10. The van der Waals surface area contributed by atoms with E-state index < -0.39 is 42.8 Å². The van der Waals surface area contributed by atoms with E-state index >= 15 is 0 Å². The van der Waals surface area contributed by atoms with E-state index in [4.69, 9.17) is 15.3 Å². The predicted molar refractivity (Wildman–Crippen MR) is 55.0 cm³/mol. The highest BCUT2D eigenvalue weighted by molar-refractivity contribution is 5.83. The van der Waals surface area contributed by atoms with E-state index in [2.05, 4.69) is 0 Å². The lowest BCUT2D eigenvalue weighted by Crippen LogP contribution is -2.56. The Morgan fingerprint density at radius 3 is 2.06 bits per heavy atom. The first-order valence-corrected chi connectivity index (χ1v) is 5.02. The van der Waals surface area contributed by atoms with Crippen molar-refractivity contribution in [2.75, 3.05) is 6.61 Å². The second kappa shape index (κ2) is 7.17. The molecule has 4 atom stereocenters. The van der Waals surface area contributed by atoms with Gasteiger partial charge in [-0.1, -0.05) is 6.92 Å². The molecule has 17 heavy (non-hydrogen) atoms. The molecule has 0 aromatic heterocycles. The Morgan fingerprint density at radius 2 is 1.71 bits per heavy atom. The topological polar surface area (TPSA) is 147 Å². The Kier molecular flexibility index (Phi) is 6.66. The smallest absolute Gasteiger partial charge is 0.329 e. The Balaban J connectivity index is 4.70. The molecule has 1 amide bonds. The molecule has 6 N–H and O–H groups in total. The van der Waals surface area contributed by atoms with Crippen molar-refractivity contribution in [2.45, 2.75) is 37.7 Å². The van der Waals surface area contributed by atoms with Crippen LogP contribution in [0.4, 0.5) is 0 Å². The number of nitrogens with one attached hydrogen (secondary N) is 1. The maximum absolute atomic E-state index is 11.0. The average Bonchev–Trinajstić information content (AvgIpc) is 2.32. The number of aliphatic hydroxyl groups excluding tert-OH is 4. The Labute approximate surface area is 97.5 Å². The maximum atomic E-state index is 11.0. The SMILES string of the molecule is CCC(=O)N[C@@H](C(=O)O)[C@@H](O)[C@H](O)[C@H](O)CO. The minimum atomic E-state index is -1.93. The summed E-state index contributed by atoms with van der Waals surface area (Å²) in [6.45, 7) is 0.645. The summed E-state index contributed by atoms with van der Waals surface area (Å²) >= 11 is 0. The monoisotopic (exact) mass is 251 g/mol. The van der Waals surface area contributed by atoms with Gasteiger partial charge in [0.25, 0.3) is 0 Å². The van der Waals surface area contributed by atoms with Gasteiger partial charge in [-0.3, -0.25) is 4.79 Å². The van der Waals surface area contributed by atoms with Crippen molar-refractivity contribution in [1.29, 1.82) is 0 Å². The molecule has 0 aromatic rings. The minimum Gasteiger partial charge on any atom is -0.480 e. The normalized spacial score (nSPS) is 17.9. The zero-order valence-electron chi connectivity index (χ0n) is 9.28. The first kappa shape index (κ1) is 15.8. The molecule has 0 aliphatic heterocycles. The molecule has 0 saturated carbocycles. The van der Waals surface area contributed by atoms with Crippen LogP contribution in [-0.4, -0.2) is 68.4 Å². The van der Waals surface area contributed by atoms with Gasteiger partial charge in [0, 0.05) is 6.42 Å². The van der Waals surface area contributed by atoms with Crippen LogP contribution in [0.5, 0.6) is 0 Å². The molecule has 0 aliphatic carbocycles. The van der Waals surface area contributed by atoms with Crippen LogP contribution >= 0.6 is 0 Å². The van der Waals surface area contributed by atoms with Crippen molar-refractivity contribution >= 4 is 11.9 Å². The van der Waals surface area contributed by atoms with Crippen LogP contribution in [0, 0.1) is 0 Å². The number of carboxylic acid groups (broad SMARTS) is 1. The highest BCUT2D eigenvalue weighted by Crippen LogP contribution is 2.06. The van der Waals surface area contributed by atoms with Crippen LogP contribution in [0.1, 0.15) is 13.3 Å². The zero-order chi connectivity index (χ0) is 13.6. The lowest BCUT2D eigenvalue weighted by molar-refractivity contribution is -0.151. The summed E-state index contributed by atoms with van der Waals surface area (Å²) in [6, 6.07) is -1.75. The highest BCUT2D eigenvalue weighted by atomic mass is 16.4. The quantitative estimate of drug-likeness (QED) is 0.283. The molecule has 100 valence electrons. The number of carbonyl (C=O) groups excluding carboxylic acids is 1. The molecule has 0 bridgehead atoms. The molecule has 0 heterocycles. The fraction of sp³-hybridized carbons (Fsp3) is 0.778. The van der Waals surface area contributed by atoms with Gasteiger partial charge in [0.2, 0.25) is 5.91 Å². The van der Waals surface area contributed by atoms with Gasteiger partial charge in [0.1, 0.15) is 18.3 Å². The Hall–Kier alpha value is -1.22. The summed E-state index contributed by atoms with van der Waals surface area (Å²) in [5.41, 5.74) is 0. The third-order valence-corrected chi connectivity index (χ3v) is 2.18. The van der Waals surface area contributed by atoms with Crippen LogP contribution < -0.4 is 5.32 Å². The van der Waals surface area contributed by atoms with Crippen LogP contribution in [0.2, 0.25) is 0 Å². The van der Waals surface area contributed by atoms with E-state index in [1.807, 2.05) is 5.32 Å². The second-order valence-electron chi connectivity index (χ2n) is 3.47. The first-order valence-electron chi connectivity index (χ1n) is 5.02. The van der Waals surface area contributed by atoms with Gasteiger partial charge in [-0.15, -0.1) is 0 Å². The lowest BCUT2D eigenvalue weighted by atomic mass is 10.0. The van der Waals surface area contributed by atoms with E-state index in [1.54, 1.807) is 0 Å². The fourth-order valence-corrected chi connectivity index (χ4v) is 1.10. The van der Waals surface area contributed by atoms with Crippen molar-refractivity contribution in [2.24, 2.45) is 0 Å². The van der Waals surface area contributed by atoms with E-state index in [0.29, 0.717) is 0 Å². The number of aliphatic hydroxyl groups is 4. The van der Waals surface area contributed by atoms with Crippen molar-refractivity contribution in [3.8, 4) is 0 Å². The number of carboxylic acids is 1.